The molecule has 2 fully saturated rings. The lowest BCUT2D eigenvalue weighted by Gasteiger charge is -2.35. The molecule has 1 saturated heterocycles. The minimum atomic E-state index is -3.55. The molecule has 27 heavy (non-hydrogen) atoms. The van der Waals surface area contributed by atoms with Crippen molar-refractivity contribution < 1.29 is 13.2 Å². The van der Waals surface area contributed by atoms with Crippen LogP contribution < -0.4 is 5.32 Å². The standard InChI is InChI=1S/C18H25N5O3S/c19-15-18(6-2-1-3-7-18)21-17(24)14-22-9-11-23(12-10-22)27(25,26)16-5-4-8-20-13-16/h4-5,8,13H,1-3,6-7,9-12,14H2,(H,21,24). The Morgan fingerprint density at radius 3 is 2.52 bits per heavy atom. The average Bonchev–Trinajstić information content (AvgIpc) is 2.69. The van der Waals surface area contributed by atoms with Gasteiger partial charge in [-0.2, -0.15) is 9.57 Å². The summed E-state index contributed by atoms with van der Waals surface area (Å²) in [7, 11) is -3.55. The van der Waals surface area contributed by atoms with E-state index in [1.165, 1.54) is 22.8 Å². The van der Waals surface area contributed by atoms with Crippen molar-refractivity contribution in [1.29, 1.82) is 5.26 Å². The summed E-state index contributed by atoms with van der Waals surface area (Å²) < 4.78 is 26.7. The molecule has 0 aromatic carbocycles. The lowest BCUT2D eigenvalue weighted by molar-refractivity contribution is -0.124. The van der Waals surface area contributed by atoms with E-state index in [9.17, 15) is 18.5 Å². The number of piperazine rings is 1. The Bertz CT molecular complexity index is 792. The van der Waals surface area contributed by atoms with Crippen LogP contribution in [0, 0.1) is 11.3 Å². The van der Waals surface area contributed by atoms with E-state index in [1.807, 2.05) is 4.90 Å². The number of carbonyl (C=O) groups is 1. The van der Waals surface area contributed by atoms with Gasteiger partial charge in [-0.15, -0.1) is 0 Å². The third-order valence-electron chi connectivity index (χ3n) is 5.27. The van der Waals surface area contributed by atoms with E-state index in [4.69, 9.17) is 0 Å². The van der Waals surface area contributed by atoms with E-state index in [0.29, 0.717) is 39.0 Å². The Balaban J connectivity index is 1.52. The number of nitrogens with zero attached hydrogens (tertiary/aromatic N) is 4. The van der Waals surface area contributed by atoms with E-state index in [0.717, 1.165) is 19.3 Å². The first-order valence-electron chi connectivity index (χ1n) is 9.30. The fourth-order valence-electron chi connectivity index (χ4n) is 3.71. The van der Waals surface area contributed by atoms with Crippen LogP contribution in [0.4, 0.5) is 0 Å². The number of aromatic nitrogens is 1. The van der Waals surface area contributed by atoms with Gasteiger partial charge in [-0.1, -0.05) is 19.3 Å². The first kappa shape index (κ1) is 19.7. The Morgan fingerprint density at radius 1 is 1.22 bits per heavy atom. The van der Waals surface area contributed by atoms with Crippen LogP contribution in [0.1, 0.15) is 32.1 Å². The van der Waals surface area contributed by atoms with Gasteiger partial charge in [-0.25, -0.2) is 8.42 Å². The van der Waals surface area contributed by atoms with Gasteiger partial charge in [0.2, 0.25) is 15.9 Å². The maximum Gasteiger partial charge on any atom is 0.244 e. The summed E-state index contributed by atoms with van der Waals surface area (Å²) in [6.07, 6.45) is 7.30. The normalized spacial score (nSPS) is 21.3. The topological polar surface area (TPSA) is 106 Å². The molecule has 2 aliphatic rings. The molecule has 0 spiro atoms. The van der Waals surface area contributed by atoms with E-state index in [1.54, 1.807) is 6.07 Å². The largest absolute Gasteiger partial charge is 0.337 e. The van der Waals surface area contributed by atoms with Crippen LogP contribution in [0.2, 0.25) is 0 Å². The number of nitriles is 1. The second-order valence-corrected chi connectivity index (χ2v) is 9.11. The molecule has 1 amide bonds. The summed E-state index contributed by atoms with van der Waals surface area (Å²) >= 11 is 0. The number of hydrogen-bond donors (Lipinski definition) is 1. The second kappa shape index (κ2) is 8.33. The van der Waals surface area contributed by atoms with Crippen molar-refractivity contribution in [3.8, 4) is 6.07 Å². The molecule has 1 aliphatic heterocycles. The third kappa shape index (κ3) is 4.64. The van der Waals surface area contributed by atoms with Crippen LogP contribution in [0.15, 0.2) is 29.4 Å². The van der Waals surface area contributed by atoms with Gasteiger partial charge in [0.05, 0.1) is 12.6 Å². The van der Waals surface area contributed by atoms with Crippen molar-refractivity contribution in [3.63, 3.8) is 0 Å². The molecule has 146 valence electrons. The molecule has 0 unspecified atom stereocenters. The highest BCUT2D eigenvalue weighted by Crippen LogP contribution is 2.27. The molecule has 3 rings (SSSR count). The van der Waals surface area contributed by atoms with E-state index in [2.05, 4.69) is 16.4 Å². The molecule has 9 heteroatoms. The van der Waals surface area contributed by atoms with Crippen molar-refractivity contribution in [2.75, 3.05) is 32.7 Å². The second-order valence-electron chi connectivity index (χ2n) is 7.17. The number of sulfonamides is 1. The Kier molecular flexibility index (Phi) is 6.09. The summed E-state index contributed by atoms with van der Waals surface area (Å²) in [6.45, 7) is 1.80. The first-order valence-corrected chi connectivity index (χ1v) is 10.7. The molecule has 2 heterocycles. The Morgan fingerprint density at radius 2 is 1.93 bits per heavy atom. The van der Waals surface area contributed by atoms with Crippen molar-refractivity contribution in [2.24, 2.45) is 0 Å². The van der Waals surface area contributed by atoms with Gasteiger partial charge in [0.1, 0.15) is 10.4 Å². The lowest BCUT2D eigenvalue weighted by Crippen LogP contribution is -2.54. The molecular formula is C18H25N5O3S. The fourth-order valence-corrected chi connectivity index (χ4v) is 5.09. The number of amides is 1. The molecule has 0 bridgehead atoms. The SMILES string of the molecule is N#CC1(NC(=O)CN2CCN(S(=O)(=O)c3cccnc3)CC2)CCCCC1. The van der Waals surface area contributed by atoms with Crippen molar-refractivity contribution in [1.82, 2.24) is 19.5 Å². The third-order valence-corrected chi connectivity index (χ3v) is 7.15. The zero-order chi connectivity index (χ0) is 19.3. The van der Waals surface area contributed by atoms with Crippen LogP contribution in [0.3, 0.4) is 0 Å². The fraction of sp³-hybridized carbons (Fsp3) is 0.611. The molecule has 1 N–H and O–H groups in total. The summed E-state index contributed by atoms with van der Waals surface area (Å²) in [4.78, 5) is 18.4. The first-order chi connectivity index (χ1) is 13.0. The van der Waals surface area contributed by atoms with Crippen molar-refractivity contribution in [3.05, 3.63) is 24.5 Å². The molecular weight excluding hydrogens is 366 g/mol. The predicted octanol–water partition coefficient (Wildman–Crippen LogP) is 0.731. The minimum absolute atomic E-state index is 0.165. The summed E-state index contributed by atoms with van der Waals surface area (Å²) in [5, 5.41) is 12.4. The van der Waals surface area contributed by atoms with Gasteiger partial charge < -0.3 is 5.32 Å². The number of nitrogens with one attached hydrogen (secondary N) is 1. The molecule has 1 aromatic rings. The molecule has 1 saturated carbocycles. The number of pyridine rings is 1. The van der Waals surface area contributed by atoms with Crippen molar-refractivity contribution in [2.45, 2.75) is 42.5 Å². The van der Waals surface area contributed by atoms with Gasteiger partial charge in [0.25, 0.3) is 0 Å². The summed E-state index contributed by atoms with van der Waals surface area (Å²) in [6, 6.07) is 5.42. The number of rotatable bonds is 5. The van der Waals surface area contributed by atoms with Crippen LogP contribution in [-0.2, 0) is 14.8 Å². The van der Waals surface area contributed by atoms with E-state index >= 15 is 0 Å². The van der Waals surface area contributed by atoms with Crippen LogP contribution in [0.25, 0.3) is 0 Å². The highest BCUT2D eigenvalue weighted by molar-refractivity contribution is 7.89. The Hall–Kier alpha value is -2.02. The summed E-state index contributed by atoms with van der Waals surface area (Å²) in [5.74, 6) is -0.165. The van der Waals surface area contributed by atoms with E-state index < -0.39 is 15.6 Å². The zero-order valence-electron chi connectivity index (χ0n) is 15.3. The van der Waals surface area contributed by atoms with Crippen LogP contribution >= 0.6 is 0 Å². The highest BCUT2D eigenvalue weighted by atomic mass is 32.2. The molecule has 0 atom stereocenters. The molecule has 1 aliphatic carbocycles. The maximum absolute atomic E-state index is 12.6. The van der Waals surface area contributed by atoms with Gasteiger partial charge in [0, 0.05) is 38.6 Å². The number of carbonyl (C=O) groups excluding carboxylic acids is 1. The zero-order valence-corrected chi connectivity index (χ0v) is 16.1. The number of hydrogen-bond acceptors (Lipinski definition) is 6. The monoisotopic (exact) mass is 391 g/mol. The predicted molar refractivity (Wildman–Crippen MR) is 99.0 cm³/mol. The van der Waals surface area contributed by atoms with Gasteiger partial charge in [-0.3, -0.25) is 14.7 Å². The molecule has 1 aromatic heterocycles. The smallest absolute Gasteiger partial charge is 0.244 e. The summed E-state index contributed by atoms with van der Waals surface area (Å²) in [5.41, 5.74) is -0.735. The van der Waals surface area contributed by atoms with Crippen LogP contribution in [-0.4, -0.2) is 66.8 Å². The van der Waals surface area contributed by atoms with Gasteiger partial charge >= 0.3 is 0 Å². The average molecular weight is 391 g/mol. The highest BCUT2D eigenvalue weighted by Gasteiger charge is 2.34. The quantitative estimate of drug-likeness (QED) is 0.793. The van der Waals surface area contributed by atoms with Gasteiger partial charge in [-0.05, 0) is 25.0 Å². The Labute approximate surface area is 160 Å². The van der Waals surface area contributed by atoms with Crippen molar-refractivity contribution >= 4 is 15.9 Å². The molecule has 8 nitrogen and oxygen atoms in total. The maximum atomic E-state index is 12.6. The van der Waals surface area contributed by atoms with Crippen LogP contribution in [0.5, 0.6) is 0 Å². The minimum Gasteiger partial charge on any atom is -0.337 e. The van der Waals surface area contributed by atoms with Gasteiger partial charge in [0.15, 0.2) is 0 Å². The molecule has 0 radical (unpaired) electrons. The lowest BCUT2D eigenvalue weighted by atomic mass is 9.83. The van der Waals surface area contributed by atoms with E-state index in [-0.39, 0.29) is 17.3 Å².